The maximum atomic E-state index is 10.7. The molecule has 0 aliphatic rings. The van der Waals surface area contributed by atoms with Crippen molar-refractivity contribution in [3.8, 4) is 11.8 Å². The maximum absolute atomic E-state index is 10.7. The Balaban J connectivity index is 1.63. The van der Waals surface area contributed by atoms with Crippen LogP contribution in [0.4, 0.5) is 0 Å². The molecule has 0 fully saturated rings. The van der Waals surface area contributed by atoms with Crippen molar-refractivity contribution in [1.29, 1.82) is 5.26 Å². The van der Waals surface area contributed by atoms with Crippen molar-refractivity contribution in [1.82, 2.24) is 29.8 Å². The third-order valence-electron chi connectivity index (χ3n) is 4.64. The highest BCUT2D eigenvalue weighted by atomic mass is 32.2. The minimum atomic E-state index is -0.0733. The number of aromatic nitrogens is 6. The van der Waals surface area contributed by atoms with Crippen LogP contribution in [0.3, 0.4) is 0 Å². The molecule has 4 rings (SSSR count). The van der Waals surface area contributed by atoms with Gasteiger partial charge in [0.1, 0.15) is 17.4 Å². The summed E-state index contributed by atoms with van der Waals surface area (Å²) in [6.45, 7) is 4.02. The van der Waals surface area contributed by atoms with Crippen molar-refractivity contribution in [3.63, 3.8) is 0 Å². The topological polar surface area (TPSA) is 105 Å². The van der Waals surface area contributed by atoms with Gasteiger partial charge in [-0.25, -0.2) is 4.98 Å². The van der Waals surface area contributed by atoms with E-state index in [0.29, 0.717) is 11.0 Å². The van der Waals surface area contributed by atoms with Gasteiger partial charge in [0.15, 0.2) is 5.82 Å². The Morgan fingerprint density at radius 2 is 1.90 bits per heavy atom. The minimum absolute atomic E-state index is 0.0733. The van der Waals surface area contributed by atoms with Gasteiger partial charge < -0.3 is 9.67 Å². The molecule has 0 aliphatic heterocycles. The van der Waals surface area contributed by atoms with Crippen molar-refractivity contribution in [2.24, 2.45) is 7.05 Å². The van der Waals surface area contributed by atoms with E-state index in [0.717, 1.165) is 27.8 Å². The number of para-hydroxylation sites is 2. The number of aryl methyl sites for hydroxylation is 3. The van der Waals surface area contributed by atoms with Crippen LogP contribution < -0.4 is 0 Å². The van der Waals surface area contributed by atoms with Crippen molar-refractivity contribution in [2.45, 2.75) is 19.0 Å². The van der Waals surface area contributed by atoms with Crippen LogP contribution in [0, 0.1) is 25.2 Å². The number of nitrogens with zero attached hydrogens (tertiary/aromatic N) is 7. The number of hydrogen-bond donors (Lipinski definition) is 1. The number of nitriles is 1. The molecule has 30 heavy (non-hydrogen) atoms. The average molecular weight is 417 g/mol. The first kappa shape index (κ1) is 19.7. The van der Waals surface area contributed by atoms with Crippen molar-refractivity contribution in [2.75, 3.05) is 5.75 Å². The van der Waals surface area contributed by atoms with Crippen molar-refractivity contribution >= 4 is 28.4 Å². The smallest absolute Gasteiger partial charge is 0.214 e. The van der Waals surface area contributed by atoms with Crippen LogP contribution >= 0.6 is 11.8 Å². The molecule has 0 unspecified atom stereocenters. The zero-order valence-corrected chi connectivity index (χ0v) is 17.6. The number of aliphatic hydroxyl groups excluding tert-OH is 1. The van der Waals surface area contributed by atoms with Gasteiger partial charge in [-0.15, -0.1) is 5.10 Å². The fourth-order valence-electron chi connectivity index (χ4n) is 3.32. The minimum Gasteiger partial charge on any atom is -0.510 e. The molecule has 0 bridgehead atoms. The van der Waals surface area contributed by atoms with E-state index in [1.54, 1.807) is 9.25 Å². The number of imidazole rings is 1. The van der Waals surface area contributed by atoms with Gasteiger partial charge in [-0.3, -0.25) is 0 Å². The summed E-state index contributed by atoms with van der Waals surface area (Å²) in [7, 11) is 1.82. The van der Waals surface area contributed by atoms with E-state index >= 15 is 0 Å². The Labute approximate surface area is 177 Å². The zero-order valence-electron chi connectivity index (χ0n) is 16.7. The molecule has 1 N–H and O–H groups in total. The molecular formula is C21H19N7OS. The van der Waals surface area contributed by atoms with Gasteiger partial charge in [0.2, 0.25) is 5.16 Å². The molecule has 0 radical (unpaired) electrons. The molecule has 2 aromatic heterocycles. The zero-order chi connectivity index (χ0) is 21.3. The second-order valence-electron chi connectivity index (χ2n) is 6.92. The number of hydrogen-bond acceptors (Lipinski definition) is 7. The highest BCUT2D eigenvalue weighted by molar-refractivity contribution is 7.99. The van der Waals surface area contributed by atoms with Crippen LogP contribution in [0.5, 0.6) is 0 Å². The normalized spacial score (nSPS) is 12.1. The van der Waals surface area contributed by atoms with Crippen molar-refractivity contribution < 1.29 is 5.11 Å². The fraction of sp³-hybridized carbons (Fsp3) is 0.190. The van der Waals surface area contributed by atoms with Crippen LogP contribution in [0.15, 0.2) is 53.4 Å². The third-order valence-corrected chi connectivity index (χ3v) is 5.57. The standard InChI is InChI=1S/C21H19N7OS/c1-13-8-14(2)10-15(9-13)28-21(24-25-26-28)30-12-19(29)16(11-22)20-23-17-6-4-5-7-18(17)27(20)3/h4-10,29H,12H2,1-3H3/b19-16-. The summed E-state index contributed by atoms with van der Waals surface area (Å²) >= 11 is 1.25. The van der Waals surface area contributed by atoms with E-state index in [-0.39, 0.29) is 17.1 Å². The molecule has 9 heteroatoms. The van der Waals surface area contributed by atoms with Gasteiger partial charge in [-0.2, -0.15) is 9.94 Å². The summed E-state index contributed by atoms with van der Waals surface area (Å²) in [5, 5.41) is 32.8. The maximum Gasteiger partial charge on any atom is 0.214 e. The van der Waals surface area contributed by atoms with E-state index in [4.69, 9.17) is 0 Å². The number of allylic oxidation sites excluding steroid dienone is 1. The summed E-state index contributed by atoms with van der Waals surface area (Å²) in [6, 6.07) is 15.7. The highest BCUT2D eigenvalue weighted by Gasteiger charge is 2.18. The van der Waals surface area contributed by atoms with Crippen LogP contribution in [0.25, 0.3) is 22.3 Å². The molecule has 0 saturated heterocycles. The average Bonchev–Trinajstić information content (AvgIpc) is 3.32. The second kappa shape index (κ2) is 8.00. The SMILES string of the molecule is Cc1cc(C)cc(-n2nnnc2SC/C(O)=C(\C#N)c2nc3ccccc3n2C)c1. The summed E-state index contributed by atoms with van der Waals surface area (Å²) < 4.78 is 3.42. The van der Waals surface area contributed by atoms with Gasteiger partial charge in [0.25, 0.3) is 0 Å². The van der Waals surface area contributed by atoms with E-state index in [1.807, 2.05) is 57.3 Å². The van der Waals surface area contributed by atoms with E-state index in [2.05, 4.69) is 32.6 Å². The Kier molecular flexibility index (Phi) is 5.25. The quantitative estimate of drug-likeness (QED) is 0.299. The van der Waals surface area contributed by atoms with Gasteiger partial charge in [0, 0.05) is 7.05 Å². The molecule has 0 atom stereocenters. The number of rotatable bonds is 5. The summed E-state index contributed by atoms with van der Waals surface area (Å²) in [6.07, 6.45) is 0. The molecular weight excluding hydrogens is 398 g/mol. The third kappa shape index (κ3) is 3.65. The van der Waals surface area contributed by atoms with Gasteiger partial charge >= 0.3 is 0 Å². The monoisotopic (exact) mass is 417 g/mol. The van der Waals surface area contributed by atoms with E-state index in [1.165, 1.54) is 11.8 Å². The second-order valence-corrected chi connectivity index (χ2v) is 7.87. The lowest BCUT2D eigenvalue weighted by Gasteiger charge is -2.07. The number of benzene rings is 2. The summed E-state index contributed by atoms with van der Waals surface area (Å²) in [5.74, 6) is 0.485. The lowest BCUT2D eigenvalue weighted by molar-refractivity contribution is 0.420. The predicted molar refractivity (Wildman–Crippen MR) is 115 cm³/mol. The Bertz CT molecular complexity index is 1290. The molecule has 0 spiro atoms. The van der Waals surface area contributed by atoms with Crippen LogP contribution in [0.1, 0.15) is 17.0 Å². The van der Waals surface area contributed by atoms with Crippen molar-refractivity contribution in [3.05, 3.63) is 65.2 Å². The lowest BCUT2D eigenvalue weighted by Crippen LogP contribution is -2.03. The largest absolute Gasteiger partial charge is 0.510 e. The molecule has 2 heterocycles. The van der Waals surface area contributed by atoms with Crippen LogP contribution in [-0.4, -0.2) is 40.6 Å². The van der Waals surface area contributed by atoms with E-state index < -0.39 is 0 Å². The number of fused-ring (bicyclic) bond motifs is 1. The number of aliphatic hydroxyl groups is 1. The Morgan fingerprint density at radius 1 is 1.17 bits per heavy atom. The molecule has 0 saturated carbocycles. The van der Waals surface area contributed by atoms with Gasteiger partial charge in [0.05, 0.1) is 22.5 Å². The van der Waals surface area contributed by atoms with Crippen LogP contribution in [-0.2, 0) is 7.05 Å². The lowest BCUT2D eigenvalue weighted by atomic mass is 10.1. The highest BCUT2D eigenvalue weighted by Crippen LogP contribution is 2.26. The first-order valence-electron chi connectivity index (χ1n) is 9.22. The summed E-state index contributed by atoms with van der Waals surface area (Å²) in [4.78, 5) is 4.50. The molecule has 0 amide bonds. The van der Waals surface area contributed by atoms with Crippen LogP contribution in [0.2, 0.25) is 0 Å². The predicted octanol–water partition coefficient (Wildman–Crippen LogP) is 3.75. The number of tetrazole rings is 1. The van der Waals surface area contributed by atoms with E-state index in [9.17, 15) is 10.4 Å². The molecule has 8 nitrogen and oxygen atoms in total. The number of thioether (sulfide) groups is 1. The molecule has 4 aromatic rings. The first-order valence-corrected chi connectivity index (χ1v) is 10.2. The Hall–Kier alpha value is -3.64. The van der Waals surface area contributed by atoms with Gasteiger partial charge in [-0.05, 0) is 59.7 Å². The van der Waals surface area contributed by atoms with Gasteiger partial charge in [-0.1, -0.05) is 30.0 Å². The molecule has 150 valence electrons. The first-order chi connectivity index (χ1) is 14.5. The Morgan fingerprint density at radius 3 is 2.60 bits per heavy atom. The molecule has 2 aromatic carbocycles. The summed E-state index contributed by atoms with van der Waals surface area (Å²) in [5.41, 5.74) is 4.84. The fourth-order valence-corrected chi connectivity index (χ4v) is 4.09. The molecule has 0 aliphatic carbocycles.